The molecule has 8 nitrogen and oxygen atoms in total. The predicted molar refractivity (Wildman–Crippen MR) is 122 cm³/mol. The van der Waals surface area contributed by atoms with Gasteiger partial charge in [0.1, 0.15) is 11.5 Å². The number of carbonyl (C=O) groups is 2. The van der Waals surface area contributed by atoms with Gasteiger partial charge in [-0.25, -0.2) is 4.39 Å². The topological polar surface area (TPSA) is 120 Å². The maximum Gasteiger partial charge on any atom is 0.253 e. The molecule has 0 spiro atoms. The summed E-state index contributed by atoms with van der Waals surface area (Å²) >= 11 is 0. The Labute approximate surface area is 185 Å². The van der Waals surface area contributed by atoms with E-state index in [4.69, 9.17) is 5.84 Å². The number of aliphatic hydroxyl groups excluding tert-OH is 1. The van der Waals surface area contributed by atoms with E-state index < -0.39 is 11.9 Å². The van der Waals surface area contributed by atoms with Crippen LogP contribution in [0.5, 0.6) is 0 Å². The van der Waals surface area contributed by atoms with E-state index in [2.05, 4.69) is 15.4 Å². The van der Waals surface area contributed by atoms with E-state index in [1.165, 1.54) is 24.4 Å². The number of aliphatic imine (C=N–C) groups is 1. The third-order valence-corrected chi connectivity index (χ3v) is 5.04. The minimum Gasteiger partial charge on any atom is -0.391 e. The van der Waals surface area contributed by atoms with Crippen molar-refractivity contribution in [1.29, 1.82) is 0 Å². The Balaban J connectivity index is 1.73. The van der Waals surface area contributed by atoms with Gasteiger partial charge in [-0.15, -0.1) is 0 Å². The van der Waals surface area contributed by atoms with E-state index in [0.717, 1.165) is 0 Å². The summed E-state index contributed by atoms with van der Waals surface area (Å²) < 4.78 is 13.6. The molecule has 0 saturated carbocycles. The van der Waals surface area contributed by atoms with Gasteiger partial charge in [-0.05, 0) is 67.5 Å². The van der Waals surface area contributed by atoms with Crippen molar-refractivity contribution in [3.05, 3.63) is 65.0 Å². The van der Waals surface area contributed by atoms with Crippen LogP contribution in [0, 0.1) is 5.82 Å². The lowest BCUT2D eigenvalue weighted by Crippen LogP contribution is -2.29. The molecule has 1 heterocycles. The van der Waals surface area contributed by atoms with Gasteiger partial charge < -0.3 is 21.2 Å². The normalized spacial score (nSPS) is 17.1. The lowest BCUT2D eigenvalue weighted by atomic mass is 10.1. The summed E-state index contributed by atoms with van der Waals surface area (Å²) in [6.45, 7) is 2.62. The van der Waals surface area contributed by atoms with Crippen molar-refractivity contribution in [2.45, 2.75) is 19.4 Å². The molecule has 4 N–H and O–H groups in total. The van der Waals surface area contributed by atoms with Gasteiger partial charge in [0.2, 0.25) is 6.41 Å². The Bertz CT molecular complexity index is 1080. The lowest BCUT2D eigenvalue weighted by Gasteiger charge is -2.15. The highest BCUT2D eigenvalue weighted by Gasteiger charge is 2.25. The van der Waals surface area contributed by atoms with Crippen LogP contribution in [0.4, 0.5) is 15.8 Å². The number of benzene rings is 2. The zero-order chi connectivity index (χ0) is 23.1. The fourth-order valence-corrected chi connectivity index (χ4v) is 3.33. The molecule has 0 aromatic heterocycles. The highest BCUT2D eigenvalue weighted by Crippen LogP contribution is 2.21. The largest absolute Gasteiger partial charge is 0.391 e. The Morgan fingerprint density at radius 1 is 1.28 bits per heavy atom. The van der Waals surface area contributed by atoms with Gasteiger partial charge >= 0.3 is 0 Å². The van der Waals surface area contributed by atoms with Crippen LogP contribution in [0.15, 0.2) is 58.1 Å². The molecule has 2 amide bonds. The number of carbonyl (C=O) groups excluding carboxylic acids is 2. The monoisotopic (exact) mass is 437 g/mol. The number of β-amino-alcohol motifs (C(OH)–C–C–N with tert-alkyl or cyclic N) is 1. The van der Waals surface area contributed by atoms with Crippen molar-refractivity contribution in [2.24, 2.45) is 15.9 Å². The Morgan fingerprint density at radius 2 is 2.03 bits per heavy atom. The van der Waals surface area contributed by atoms with Crippen LogP contribution < -0.4 is 11.2 Å². The molecular weight excluding hydrogens is 413 g/mol. The van der Waals surface area contributed by atoms with Crippen molar-refractivity contribution in [1.82, 2.24) is 4.90 Å². The van der Waals surface area contributed by atoms with Crippen molar-refractivity contribution < 1.29 is 19.1 Å². The fraction of sp³-hybridized carbons (Fsp3) is 0.217. The second kappa shape index (κ2) is 10.5. The maximum absolute atomic E-state index is 13.6. The number of nitrogens with one attached hydrogen (secondary N) is 1. The summed E-state index contributed by atoms with van der Waals surface area (Å²) in [5.74, 6) is 4.93. The van der Waals surface area contributed by atoms with Gasteiger partial charge in [-0.3, -0.25) is 14.6 Å². The van der Waals surface area contributed by atoms with Gasteiger partial charge in [-0.2, -0.15) is 5.10 Å². The highest BCUT2D eigenvalue weighted by atomic mass is 19.1. The number of allylic oxidation sites excluding steroid dienone is 1. The number of aliphatic hydroxyl groups is 1. The molecule has 166 valence electrons. The number of rotatable bonds is 7. The van der Waals surface area contributed by atoms with E-state index in [1.54, 1.807) is 42.2 Å². The Kier molecular flexibility index (Phi) is 7.45. The van der Waals surface area contributed by atoms with Gasteiger partial charge in [0, 0.05) is 29.9 Å². The first kappa shape index (κ1) is 22.8. The van der Waals surface area contributed by atoms with E-state index in [9.17, 15) is 19.1 Å². The predicted octanol–water partition coefficient (Wildman–Crippen LogP) is 2.72. The molecule has 1 atom stereocenters. The minimum atomic E-state index is -0.467. The molecule has 0 aliphatic carbocycles. The van der Waals surface area contributed by atoms with Gasteiger partial charge in [0.15, 0.2) is 0 Å². The number of nitrogens with two attached hydrogens (primary N) is 1. The maximum atomic E-state index is 13.6. The van der Waals surface area contributed by atoms with Gasteiger partial charge in [-0.1, -0.05) is 0 Å². The molecule has 1 aliphatic rings. The molecule has 0 radical (unpaired) electrons. The zero-order valence-electron chi connectivity index (χ0n) is 17.5. The van der Waals surface area contributed by atoms with Crippen LogP contribution in [0.2, 0.25) is 0 Å². The smallest absolute Gasteiger partial charge is 0.253 e. The standard InChI is InChI=1S/C23H24FN5O3/c1-15(10-17-11-18(24)4-7-21(17)27-14-30)22(28-25)12-26-19-5-2-16(3-6-19)23(32)29-9-8-20(31)13-29/h2-7,10-12,14,20,31H,8-9,13,25H2,1H3,(H,27,30)/b15-10+,26-12?,28-22?/t20-/m0/s1. The number of likely N-dealkylation sites (tertiary alicyclic amines) is 1. The van der Waals surface area contributed by atoms with Crippen LogP contribution >= 0.6 is 0 Å². The first-order valence-corrected chi connectivity index (χ1v) is 9.99. The number of anilines is 1. The summed E-state index contributed by atoms with van der Waals surface area (Å²) in [6, 6.07) is 10.7. The highest BCUT2D eigenvalue weighted by molar-refractivity contribution is 6.39. The quantitative estimate of drug-likeness (QED) is 0.267. The number of hydrogen-bond acceptors (Lipinski definition) is 6. The van der Waals surface area contributed by atoms with E-state index in [1.807, 2.05) is 0 Å². The summed E-state index contributed by atoms with van der Waals surface area (Å²) in [4.78, 5) is 29.2. The van der Waals surface area contributed by atoms with Crippen LogP contribution in [-0.2, 0) is 4.79 Å². The van der Waals surface area contributed by atoms with Crippen LogP contribution in [0.1, 0.15) is 29.3 Å². The van der Waals surface area contributed by atoms with Crippen LogP contribution in [-0.4, -0.2) is 53.4 Å². The second-order valence-electron chi connectivity index (χ2n) is 7.33. The summed E-state index contributed by atoms with van der Waals surface area (Å²) in [7, 11) is 0. The Hall–Kier alpha value is -3.85. The van der Waals surface area contributed by atoms with Crippen molar-refractivity contribution in [3.63, 3.8) is 0 Å². The van der Waals surface area contributed by atoms with Crippen molar-refractivity contribution in [2.75, 3.05) is 18.4 Å². The number of hydrazone groups is 1. The minimum absolute atomic E-state index is 0.130. The van der Waals surface area contributed by atoms with Crippen LogP contribution in [0.25, 0.3) is 6.08 Å². The molecule has 1 fully saturated rings. The first-order chi connectivity index (χ1) is 15.4. The first-order valence-electron chi connectivity index (χ1n) is 9.99. The van der Waals surface area contributed by atoms with E-state index in [0.29, 0.717) is 59.7 Å². The number of nitrogens with zero attached hydrogens (tertiary/aromatic N) is 3. The summed E-state index contributed by atoms with van der Waals surface area (Å²) in [5.41, 5.74) is 2.97. The van der Waals surface area contributed by atoms with Gasteiger partial charge in [0.25, 0.3) is 5.91 Å². The van der Waals surface area contributed by atoms with Crippen molar-refractivity contribution in [3.8, 4) is 0 Å². The molecule has 1 saturated heterocycles. The molecule has 0 bridgehead atoms. The second-order valence-corrected chi connectivity index (χ2v) is 7.33. The van der Waals surface area contributed by atoms with E-state index >= 15 is 0 Å². The Morgan fingerprint density at radius 3 is 2.66 bits per heavy atom. The molecule has 32 heavy (non-hydrogen) atoms. The third kappa shape index (κ3) is 5.64. The number of amides is 2. The molecule has 1 aliphatic heterocycles. The third-order valence-electron chi connectivity index (χ3n) is 5.04. The molecule has 2 aromatic carbocycles. The number of halogens is 1. The van der Waals surface area contributed by atoms with Gasteiger partial charge in [0.05, 0.1) is 18.0 Å². The molecular formula is C23H24FN5O3. The summed E-state index contributed by atoms with van der Waals surface area (Å²) in [5, 5.41) is 15.9. The van der Waals surface area contributed by atoms with Crippen molar-refractivity contribution >= 4 is 41.7 Å². The fourth-order valence-electron chi connectivity index (χ4n) is 3.33. The lowest BCUT2D eigenvalue weighted by molar-refractivity contribution is -0.105. The van der Waals surface area contributed by atoms with E-state index in [-0.39, 0.29) is 5.91 Å². The molecule has 0 unspecified atom stereocenters. The zero-order valence-corrected chi connectivity index (χ0v) is 17.5. The average Bonchev–Trinajstić information content (AvgIpc) is 3.22. The van der Waals surface area contributed by atoms with Crippen LogP contribution in [0.3, 0.4) is 0 Å². The average molecular weight is 437 g/mol. The molecule has 2 aromatic rings. The molecule has 3 rings (SSSR count). The summed E-state index contributed by atoms with van der Waals surface area (Å²) in [6.07, 6.45) is 3.74. The SMILES string of the molecule is C/C(=C\c1cc(F)ccc1NC=O)C(C=Nc1ccc(C(=O)N2CC[C@H](O)C2)cc1)=NN. The number of hydrogen-bond donors (Lipinski definition) is 3. The molecule has 9 heteroatoms.